The van der Waals surface area contributed by atoms with E-state index < -0.39 is 7.26 Å². The molecule has 0 spiro atoms. The van der Waals surface area contributed by atoms with Crippen LogP contribution in [0.1, 0.15) is 80.6 Å². The zero-order valence-corrected chi connectivity index (χ0v) is 16.0. The maximum Gasteiger partial charge on any atom is 0.0789 e. The normalized spacial score (nSPS) is 15.0. The number of unbranched alkanes of at least 4 members (excludes halogenated alkanes) is 1. The summed E-state index contributed by atoms with van der Waals surface area (Å²) in [5.74, 6) is 0. The third-order valence-corrected chi connectivity index (χ3v) is 12.7. The Morgan fingerprint density at radius 3 is 1.57 bits per heavy atom. The van der Waals surface area contributed by atoms with Crippen LogP contribution in [0.5, 0.6) is 0 Å². The van der Waals surface area contributed by atoms with Crippen molar-refractivity contribution in [2.45, 2.75) is 103 Å². The molecule has 0 bridgehead atoms. The second kappa shape index (κ2) is 8.76. The fraction of sp³-hybridized carbons (Fsp3) is 0.889. The third-order valence-electron chi connectivity index (χ3n) is 5.28. The average Bonchev–Trinajstić information content (AvgIpc) is 2.36. The zero-order valence-electron chi connectivity index (χ0n) is 15.1. The molecule has 1 atom stereocenters. The summed E-state index contributed by atoms with van der Waals surface area (Å²) in [4.78, 5) is 0. The average molecular weight is 309 g/mol. The molecular formula is C18H34N2P+. The first kappa shape index (κ1) is 20.4. The van der Waals surface area contributed by atoms with E-state index in [1.807, 2.05) is 0 Å². The fourth-order valence-corrected chi connectivity index (χ4v) is 13.4. The molecule has 0 fully saturated rings. The standard InChI is InChI=1S/C18H34N2P/c1-15(2)21(16(3)4,17(5)6)18(7,12-10-14-20)11-8-9-13-19/h15-17H,8-12H2,1-7H3/q+1. The quantitative estimate of drug-likeness (QED) is 0.388. The number of nitriles is 2. The lowest BCUT2D eigenvalue weighted by atomic mass is 9.98. The molecule has 1 unspecified atom stereocenters. The van der Waals surface area contributed by atoms with Gasteiger partial charge in [0.05, 0.1) is 34.3 Å². The predicted molar refractivity (Wildman–Crippen MR) is 95.0 cm³/mol. The van der Waals surface area contributed by atoms with Crippen molar-refractivity contribution < 1.29 is 0 Å². The van der Waals surface area contributed by atoms with Crippen LogP contribution in [0.4, 0.5) is 0 Å². The summed E-state index contributed by atoms with van der Waals surface area (Å²) < 4.78 is 0. The molecule has 0 saturated carbocycles. The van der Waals surface area contributed by atoms with E-state index in [4.69, 9.17) is 10.5 Å². The second-order valence-corrected chi connectivity index (χ2v) is 13.1. The van der Waals surface area contributed by atoms with Gasteiger partial charge in [0.1, 0.15) is 0 Å². The van der Waals surface area contributed by atoms with Gasteiger partial charge >= 0.3 is 0 Å². The Bertz CT molecular complexity index is 365. The van der Waals surface area contributed by atoms with Crippen LogP contribution >= 0.6 is 7.26 Å². The second-order valence-electron chi connectivity index (χ2n) is 7.28. The van der Waals surface area contributed by atoms with E-state index in [0.717, 1.165) is 19.3 Å². The Hall–Kier alpha value is -0.590. The molecule has 0 amide bonds. The van der Waals surface area contributed by atoms with E-state index in [2.05, 4.69) is 60.6 Å². The fourth-order valence-electron chi connectivity index (χ4n) is 5.04. The van der Waals surface area contributed by atoms with Crippen molar-refractivity contribution in [2.75, 3.05) is 0 Å². The minimum Gasteiger partial charge on any atom is -0.198 e. The highest BCUT2D eigenvalue weighted by molar-refractivity contribution is 7.79. The Balaban J connectivity index is 5.78. The van der Waals surface area contributed by atoms with E-state index in [1.54, 1.807) is 0 Å². The van der Waals surface area contributed by atoms with Crippen molar-refractivity contribution in [3.8, 4) is 12.1 Å². The molecule has 21 heavy (non-hydrogen) atoms. The molecule has 0 N–H and O–H groups in total. The molecule has 0 aliphatic heterocycles. The van der Waals surface area contributed by atoms with Crippen LogP contribution in [0.2, 0.25) is 0 Å². The van der Waals surface area contributed by atoms with Gasteiger partial charge in [-0.2, -0.15) is 10.5 Å². The van der Waals surface area contributed by atoms with Gasteiger partial charge in [-0.15, -0.1) is 0 Å². The molecule has 0 aliphatic carbocycles. The van der Waals surface area contributed by atoms with Gasteiger partial charge in [-0.05, 0) is 67.7 Å². The van der Waals surface area contributed by atoms with Crippen molar-refractivity contribution in [1.82, 2.24) is 0 Å². The highest BCUT2D eigenvalue weighted by Gasteiger charge is 2.59. The Morgan fingerprint density at radius 2 is 1.24 bits per heavy atom. The van der Waals surface area contributed by atoms with Gasteiger partial charge in [0, 0.05) is 20.1 Å². The van der Waals surface area contributed by atoms with Gasteiger partial charge in [-0.1, -0.05) is 0 Å². The summed E-state index contributed by atoms with van der Waals surface area (Å²) in [6.45, 7) is 16.7. The van der Waals surface area contributed by atoms with Crippen molar-refractivity contribution >= 4 is 7.26 Å². The molecular weight excluding hydrogens is 275 g/mol. The Kier molecular flexibility index (Phi) is 8.51. The van der Waals surface area contributed by atoms with E-state index in [0.29, 0.717) is 29.8 Å². The summed E-state index contributed by atoms with van der Waals surface area (Å²) in [6.07, 6.45) is 4.31. The number of rotatable bonds is 9. The number of nitrogens with zero attached hydrogens (tertiary/aromatic N) is 2. The predicted octanol–water partition coefficient (Wildman–Crippen LogP) is 5.99. The molecule has 0 heterocycles. The van der Waals surface area contributed by atoms with E-state index in [-0.39, 0.29) is 5.16 Å². The molecule has 0 radical (unpaired) electrons. The van der Waals surface area contributed by atoms with Crippen LogP contribution in [-0.2, 0) is 0 Å². The Labute approximate surface area is 133 Å². The van der Waals surface area contributed by atoms with Crippen LogP contribution in [-0.4, -0.2) is 22.1 Å². The van der Waals surface area contributed by atoms with Crippen molar-refractivity contribution in [3.05, 3.63) is 0 Å². The maximum atomic E-state index is 9.09. The van der Waals surface area contributed by atoms with Gasteiger partial charge in [0.2, 0.25) is 0 Å². The number of hydrogen-bond donors (Lipinski definition) is 0. The van der Waals surface area contributed by atoms with E-state index in [1.165, 1.54) is 0 Å². The molecule has 0 aromatic carbocycles. The molecule has 0 aliphatic rings. The first-order chi connectivity index (χ1) is 9.70. The monoisotopic (exact) mass is 309 g/mol. The summed E-state index contributed by atoms with van der Waals surface area (Å²) in [7, 11) is -1.26. The van der Waals surface area contributed by atoms with Crippen LogP contribution < -0.4 is 0 Å². The molecule has 3 heteroatoms. The van der Waals surface area contributed by atoms with Gasteiger partial charge < -0.3 is 0 Å². The van der Waals surface area contributed by atoms with Crippen LogP contribution in [0.3, 0.4) is 0 Å². The summed E-state index contributed by atoms with van der Waals surface area (Å²) in [6, 6.07) is 4.64. The maximum absolute atomic E-state index is 9.09. The van der Waals surface area contributed by atoms with Crippen LogP contribution in [0, 0.1) is 22.7 Å². The van der Waals surface area contributed by atoms with Crippen molar-refractivity contribution in [2.24, 2.45) is 0 Å². The molecule has 0 rings (SSSR count). The van der Waals surface area contributed by atoms with Crippen LogP contribution in [0.15, 0.2) is 0 Å². The van der Waals surface area contributed by atoms with E-state index >= 15 is 0 Å². The lowest BCUT2D eigenvalue weighted by molar-refractivity contribution is 0.501. The molecule has 2 nitrogen and oxygen atoms in total. The van der Waals surface area contributed by atoms with Crippen molar-refractivity contribution in [3.63, 3.8) is 0 Å². The first-order valence-electron chi connectivity index (χ1n) is 8.32. The molecule has 0 saturated heterocycles. The van der Waals surface area contributed by atoms with E-state index in [9.17, 15) is 0 Å². The highest BCUT2D eigenvalue weighted by Crippen LogP contribution is 2.80. The largest absolute Gasteiger partial charge is 0.198 e. The topological polar surface area (TPSA) is 47.6 Å². The van der Waals surface area contributed by atoms with Gasteiger partial charge in [0.25, 0.3) is 0 Å². The number of hydrogen-bond acceptors (Lipinski definition) is 2. The van der Waals surface area contributed by atoms with Gasteiger partial charge in [0.15, 0.2) is 0 Å². The summed E-state index contributed by atoms with van der Waals surface area (Å²) in [5, 5.41) is 18.2. The lowest BCUT2D eigenvalue weighted by Gasteiger charge is -2.51. The minimum absolute atomic E-state index is 0.218. The van der Waals surface area contributed by atoms with Gasteiger partial charge in [-0.25, -0.2) is 0 Å². The van der Waals surface area contributed by atoms with Gasteiger partial charge in [-0.3, -0.25) is 0 Å². The third kappa shape index (κ3) is 4.20. The molecule has 0 aromatic rings. The first-order valence-corrected chi connectivity index (χ1v) is 10.3. The van der Waals surface area contributed by atoms with Crippen LogP contribution in [0.25, 0.3) is 0 Å². The Morgan fingerprint density at radius 1 is 0.810 bits per heavy atom. The highest BCUT2D eigenvalue weighted by atomic mass is 31.2. The summed E-state index contributed by atoms with van der Waals surface area (Å²) >= 11 is 0. The molecule has 0 aromatic heterocycles. The lowest BCUT2D eigenvalue weighted by Crippen LogP contribution is -2.41. The minimum atomic E-state index is -1.26. The summed E-state index contributed by atoms with van der Waals surface area (Å²) in [5.41, 5.74) is 2.01. The molecule has 120 valence electrons. The smallest absolute Gasteiger partial charge is 0.0789 e. The SMILES string of the molecule is CC(C)[P+](C(C)C)(C(C)C)C(C)(CCC#N)CCCC#N. The zero-order chi connectivity index (χ0) is 16.7. The van der Waals surface area contributed by atoms with Crippen molar-refractivity contribution in [1.29, 1.82) is 10.5 Å².